The van der Waals surface area contributed by atoms with Crippen LogP contribution in [0.1, 0.15) is 0 Å². The van der Waals surface area contributed by atoms with Crippen LogP contribution in [0, 0.1) is 0 Å². The maximum absolute atomic E-state index is 11.9. The highest BCUT2D eigenvalue weighted by Crippen LogP contribution is 2.15. The fraction of sp³-hybridized carbons (Fsp3) is 0.462. The van der Waals surface area contributed by atoms with Crippen LogP contribution in [0.2, 0.25) is 5.02 Å². The van der Waals surface area contributed by atoms with Crippen molar-refractivity contribution in [3.63, 3.8) is 0 Å². The second-order valence-electron chi connectivity index (χ2n) is 3.81. The van der Waals surface area contributed by atoms with Crippen molar-refractivity contribution in [1.82, 2.24) is 4.90 Å². The fourth-order valence-electron chi connectivity index (χ4n) is 1.43. The number of amides is 1. The number of nitrogens with zero attached hydrogens (tertiary/aromatic N) is 1. The summed E-state index contributed by atoms with van der Waals surface area (Å²) >= 11 is 11.4. The fourth-order valence-corrected chi connectivity index (χ4v) is 1.76. The van der Waals surface area contributed by atoms with Gasteiger partial charge in [0.1, 0.15) is 5.75 Å². The molecule has 0 heterocycles. The molecule has 0 bridgehead atoms. The van der Waals surface area contributed by atoms with Crippen molar-refractivity contribution in [2.24, 2.45) is 0 Å². The highest BCUT2D eigenvalue weighted by Gasteiger charge is 2.13. The van der Waals surface area contributed by atoms with Gasteiger partial charge in [-0.15, -0.1) is 11.6 Å². The van der Waals surface area contributed by atoms with Crippen molar-refractivity contribution in [3.8, 4) is 5.75 Å². The van der Waals surface area contributed by atoms with E-state index in [0.29, 0.717) is 36.3 Å². The molecule has 0 aromatic heterocycles. The van der Waals surface area contributed by atoms with E-state index in [4.69, 9.17) is 32.7 Å². The monoisotopic (exact) mass is 305 g/mol. The molecule has 0 aliphatic heterocycles. The molecule has 0 radical (unpaired) electrons. The molecule has 1 aromatic carbocycles. The number of hydrogen-bond acceptors (Lipinski definition) is 3. The molecule has 6 heteroatoms. The molecule has 0 saturated carbocycles. The van der Waals surface area contributed by atoms with Crippen LogP contribution < -0.4 is 4.74 Å². The second kappa shape index (κ2) is 9.02. The molecule has 0 N–H and O–H groups in total. The molecule has 0 aliphatic carbocycles. The second-order valence-corrected chi connectivity index (χ2v) is 4.62. The summed E-state index contributed by atoms with van der Waals surface area (Å²) in [7, 11) is 1.59. The van der Waals surface area contributed by atoms with E-state index in [1.54, 1.807) is 36.3 Å². The van der Waals surface area contributed by atoms with Crippen LogP contribution in [0.4, 0.5) is 0 Å². The van der Waals surface area contributed by atoms with E-state index in [0.717, 1.165) is 0 Å². The predicted octanol–water partition coefficient (Wildman–Crippen LogP) is 2.43. The van der Waals surface area contributed by atoms with E-state index in [2.05, 4.69) is 0 Å². The van der Waals surface area contributed by atoms with Gasteiger partial charge in [-0.1, -0.05) is 11.6 Å². The van der Waals surface area contributed by atoms with Gasteiger partial charge < -0.3 is 14.4 Å². The minimum atomic E-state index is -0.118. The average Bonchev–Trinajstić information content (AvgIpc) is 2.42. The Morgan fingerprint density at radius 1 is 1.26 bits per heavy atom. The largest absolute Gasteiger partial charge is 0.484 e. The average molecular weight is 306 g/mol. The number of carbonyl (C=O) groups excluding carboxylic acids is 1. The third kappa shape index (κ3) is 6.14. The third-order valence-corrected chi connectivity index (χ3v) is 2.87. The molecule has 0 spiro atoms. The number of ether oxygens (including phenoxy) is 2. The van der Waals surface area contributed by atoms with Crippen LogP contribution in [-0.4, -0.2) is 50.1 Å². The van der Waals surface area contributed by atoms with Crippen molar-refractivity contribution >= 4 is 29.1 Å². The first kappa shape index (κ1) is 16.1. The van der Waals surface area contributed by atoms with Gasteiger partial charge in [0.05, 0.1) is 6.61 Å². The summed E-state index contributed by atoms with van der Waals surface area (Å²) < 4.78 is 10.3. The van der Waals surface area contributed by atoms with Crippen molar-refractivity contribution in [1.29, 1.82) is 0 Å². The van der Waals surface area contributed by atoms with Crippen LogP contribution in [0.3, 0.4) is 0 Å². The van der Waals surface area contributed by atoms with Crippen LogP contribution >= 0.6 is 23.2 Å². The Hall–Kier alpha value is -0.970. The van der Waals surface area contributed by atoms with Gasteiger partial charge in [0.2, 0.25) is 0 Å². The normalized spacial score (nSPS) is 10.3. The molecule has 4 nitrogen and oxygen atoms in total. The van der Waals surface area contributed by atoms with E-state index < -0.39 is 0 Å². The van der Waals surface area contributed by atoms with Gasteiger partial charge in [-0.05, 0) is 24.3 Å². The molecule has 1 aromatic rings. The zero-order valence-corrected chi connectivity index (χ0v) is 12.3. The lowest BCUT2D eigenvalue weighted by Gasteiger charge is -2.21. The Balaban J connectivity index is 2.44. The Morgan fingerprint density at radius 3 is 2.53 bits per heavy atom. The standard InChI is InChI=1S/C13H17Cl2NO3/c1-18-9-8-16(7-6-14)13(17)10-19-12-4-2-11(15)3-5-12/h2-5H,6-10H2,1H3. The molecule has 0 saturated heterocycles. The zero-order valence-electron chi connectivity index (χ0n) is 10.8. The topological polar surface area (TPSA) is 38.8 Å². The Kier molecular flexibility index (Phi) is 7.63. The summed E-state index contributed by atoms with van der Waals surface area (Å²) in [6.07, 6.45) is 0. The molecule has 0 atom stereocenters. The van der Waals surface area contributed by atoms with Crippen molar-refractivity contribution in [2.45, 2.75) is 0 Å². The maximum atomic E-state index is 11.9. The molecule has 19 heavy (non-hydrogen) atoms. The summed E-state index contributed by atoms with van der Waals surface area (Å²) in [5.74, 6) is 0.874. The van der Waals surface area contributed by atoms with Gasteiger partial charge in [-0.3, -0.25) is 4.79 Å². The van der Waals surface area contributed by atoms with E-state index >= 15 is 0 Å². The van der Waals surface area contributed by atoms with Crippen molar-refractivity contribution in [2.75, 3.05) is 39.3 Å². The lowest BCUT2D eigenvalue weighted by atomic mass is 10.3. The molecule has 1 rings (SSSR count). The number of benzene rings is 1. The summed E-state index contributed by atoms with van der Waals surface area (Å²) in [5.41, 5.74) is 0. The maximum Gasteiger partial charge on any atom is 0.260 e. The van der Waals surface area contributed by atoms with E-state index in [9.17, 15) is 4.79 Å². The number of halogens is 2. The molecule has 0 aliphatic rings. The van der Waals surface area contributed by atoms with Gasteiger partial charge in [0, 0.05) is 31.1 Å². The number of carbonyl (C=O) groups is 1. The highest BCUT2D eigenvalue weighted by molar-refractivity contribution is 6.30. The Morgan fingerprint density at radius 2 is 1.95 bits per heavy atom. The molecule has 0 fully saturated rings. The van der Waals surface area contributed by atoms with Gasteiger partial charge in [-0.2, -0.15) is 0 Å². The van der Waals surface area contributed by atoms with Gasteiger partial charge >= 0.3 is 0 Å². The molecule has 1 amide bonds. The third-order valence-electron chi connectivity index (χ3n) is 2.45. The summed E-state index contributed by atoms with van der Waals surface area (Å²) in [6.45, 7) is 1.44. The Bertz CT molecular complexity index is 384. The van der Waals surface area contributed by atoms with Gasteiger partial charge in [0.15, 0.2) is 6.61 Å². The van der Waals surface area contributed by atoms with Crippen LogP contribution in [0.15, 0.2) is 24.3 Å². The van der Waals surface area contributed by atoms with Crippen LogP contribution in [0.5, 0.6) is 5.75 Å². The first-order valence-electron chi connectivity index (χ1n) is 5.88. The smallest absolute Gasteiger partial charge is 0.260 e. The molecule has 106 valence electrons. The summed E-state index contributed by atoms with van der Waals surface area (Å²) in [5, 5.41) is 0.627. The lowest BCUT2D eigenvalue weighted by Crippen LogP contribution is -2.38. The number of methoxy groups -OCH3 is 1. The number of rotatable bonds is 8. The SMILES string of the molecule is COCCN(CCCl)C(=O)COc1ccc(Cl)cc1. The molecular formula is C13H17Cl2NO3. The van der Waals surface area contributed by atoms with Crippen LogP contribution in [-0.2, 0) is 9.53 Å². The zero-order chi connectivity index (χ0) is 14.1. The first-order chi connectivity index (χ1) is 9.17. The minimum Gasteiger partial charge on any atom is -0.484 e. The van der Waals surface area contributed by atoms with Crippen molar-refractivity contribution in [3.05, 3.63) is 29.3 Å². The quantitative estimate of drug-likeness (QED) is 0.692. The highest BCUT2D eigenvalue weighted by atomic mass is 35.5. The number of hydrogen-bond donors (Lipinski definition) is 0. The van der Waals surface area contributed by atoms with E-state index in [-0.39, 0.29) is 12.5 Å². The number of alkyl halides is 1. The van der Waals surface area contributed by atoms with Gasteiger partial charge in [0.25, 0.3) is 5.91 Å². The Labute approximate surface area is 123 Å². The minimum absolute atomic E-state index is 0.0256. The predicted molar refractivity (Wildman–Crippen MR) is 76.1 cm³/mol. The van der Waals surface area contributed by atoms with E-state index in [1.807, 2.05) is 0 Å². The first-order valence-corrected chi connectivity index (χ1v) is 6.79. The van der Waals surface area contributed by atoms with Crippen molar-refractivity contribution < 1.29 is 14.3 Å². The van der Waals surface area contributed by atoms with E-state index in [1.165, 1.54) is 0 Å². The van der Waals surface area contributed by atoms with Crippen LogP contribution in [0.25, 0.3) is 0 Å². The molecule has 0 unspecified atom stereocenters. The molecular weight excluding hydrogens is 289 g/mol. The summed E-state index contributed by atoms with van der Waals surface area (Å²) in [6, 6.07) is 6.86. The van der Waals surface area contributed by atoms with Gasteiger partial charge in [-0.25, -0.2) is 0 Å². The lowest BCUT2D eigenvalue weighted by molar-refractivity contribution is -0.133. The summed E-state index contributed by atoms with van der Waals surface area (Å²) in [4.78, 5) is 13.6.